The summed E-state index contributed by atoms with van der Waals surface area (Å²) in [6, 6.07) is 11.6. The minimum atomic E-state index is 0. The first-order valence-electron chi connectivity index (χ1n) is 8.53. The van der Waals surface area contributed by atoms with E-state index in [-0.39, 0.29) is 25.0 Å². The molecular formula is C19H31N5ORu+2. The molecule has 0 aliphatic carbocycles. The summed E-state index contributed by atoms with van der Waals surface area (Å²) in [5.74, 6) is 0. The molecule has 144 valence electrons. The first kappa shape index (κ1) is 24.8. The average Bonchev–Trinajstić information content (AvgIpc) is 2.71. The maximum atomic E-state index is 4.19. The van der Waals surface area contributed by atoms with Crippen molar-refractivity contribution < 1.29 is 25.0 Å². The standard InChI is InChI=1S/C10H8N2.C9H21N3.H2O.Ru/c1-3-7-11-9(5-1)10-6-2-4-8-12-10;1-10-4-6-11(2)8-9-12(3)7-5-10;;/h1-8H;4-9H2,1-3H3;1H2;/q;;;+2. The summed E-state index contributed by atoms with van der Waals surface area (Å²) in [5.41, 5.74) is 1.83. The summed E-state index contributed by atoms with van der Waals surface area (Å²) in [6.07, 6.45) is 3.54. The van der Waals surface area contributed by atoms with E-state index in [9.17, 15) is 0 Å². The van der Waals surface area contributed by atoms with Crippen LogP contribution in [-0.4, -0.2) is 90.6 Å². The molecule has 6 nitrogen and oxygen atoms in total. The fraction of sp³-hybridized carbons (Fsp3) is 0.474. The van der Waals surface area contributed by atoms with E-state index in [2.05, 4.69) is 45.8 Å². The summed E-state index contributed by atoms with van der Waals surface area (Å²) >= 11 is 0. The first-order valence-corrected chi connectivity index (χ1v) is 8.53. The van der Waals surface area contributed by atoms with Crippen LogP contribution in [0.1, 0.15) is 0 Å². The van der Waals surface area contributed by atoms with E-state index in [0.717, 1.165) is 11.4 Å². The van der Waals surface area contributed by atoms with Gasteiger partial charge in [0.05, 0.1) is 11.4 Å². The van der Waals surface area contributed by atoms with E-state index in [0.29, 0.717) is 0 Å². The molecule has 0 atom stereocenters. The Bertz CT molecular complexity index is 499. The van der Waals surface area contributed by atoms with Crippen molar-refractivity contribution in [3.05, 3.63) is 48.8 Å². The molecule has 1 saturated heterocycles. The van der Waals surface area contributed by atoms with Crippen molar-refractivity contribution in [3.63, 3.8) is 0 Å². The number of hydrogen-bond acceptors (Lipinski definition) is 5. The van der Waals surface area contributed by atoms with E-state index in [4.69, 9.17) is 0 Å². The Morgan fingerprint density at radius 3 is 1.15 bits per heavy atom. The molecule has 7 heteroatoms. The second kappa shape index (κ2) is 13.9. The Kier molecular flexibility index (Phi) is 13.2. The zero-order chi connectivity index (χ0) is 17.2. The van der Waals surface area contributed by atoms with E-state index >= 15 is 0 Å². The van der Waals surface area contributed by atoms with Crippen molar-refractivity contribution in [1.29, 1.82) is 0 Å². The minimum Gasteiger partial charge on any atom is -0.412 e. The van der Waals surface area contributed by atoms with Crippen LogP contribution < -0.4 is 0 Å². The van der Waals surface area contributed by atoms with E-state index < -0.39 is 0 Å². The number of rotatable bonds is 1. The Morgan fingerprint density at radius 1 is 0.615 bits per heavy atom. The van der Waals surface area contributed by atoms with Gasteiger partial charge >= 0.3 is 19.5 Å². The Morgan fingerprint density at radius 2 is 0.923 bits per heavy atom. The van der Waals surface area contributed by atoms with Crippen molar-refractivity contribution >= 4 is 0 Å². The molecule has 26 heavy (non-hydrogen) atoms. The van der Waals surface area contributed by atoms with E-state index in [1.54, 1.807) is 12.4 Å². The molecule has 0 radical (unpaired) electrons. The van der Waals surface area contributed by atoms with Crippen molar-refractivity contribution in [3.8, 4) is 11.4 Å². The molecule has 2 aromatic rings. The summed E-state index contributed by atoms with van der Waals surface area (Å²) in [6.45, 7) is 7.19. The Balaban J connectivity index is 0.000000446. The van der Waals surface area contributed by atoms with Gasteiger partial charge in [-0.2, -0.15) is 0 Å². The van der Waals surface area contributed by atoms with Crippen LogP contribution in [0.15, 0.2) is 48.8 Å². The Hall–Kier alpha value is -1.24. The molecule has 0 unspecified atom stereocenters. The summed E-state index contributed by atoms with van der Waals surface area (Å²) < 4.78 is 0. The van der Waals surface area contributed by atoms with Gasteiger partial charge in [-0.05, 0) is 45.4 Å². The molecule has 0 aromatic carbocycles. The first-order chi connectivity index (χ1) is 11.6. The van der Waals surface area contributed by atoms with Gasteiger partial charge in [0.1, 0.15) is 0 Å². The van der Waals surface area contributed by atoms with Crippen molar-refractivity contribution in [1.82, 2.24) is 24.7 Å². The van der Waals surface area contributed by atoms with Crippen molar-refractivity contribution in [2.75, 3.05) is 60.4 Å². The molecule has 3 heterocycles. The maximum Gasteiger partial charge on any atom is 2.00 e. The van der Waals surface area contributed by atoms with Crippen LogP contribution in [0.25, 0.3) is 11.4 Å². The zero-order valence-electron chi connectivity index (χ0n) is 16.0. The van der Waals surface area contributed by atoms with Gasteiger partial charge in [-0.1, -0.05) is 12.1 Å². The van der Waals surface area contributed by atoms with Gasteiger partial charge in [0.15, 0.2) is 0 Å². The topological polar surface area (TPSA) is 67.0 Å². The SMILES string of the molecule is CN1CCN(C)CCN(C)CC1.O.[Ru+2].c1ccc(-c2ccccn2)nc1. The number of aromatic nitrogens is 2. The molecule has 2 N–H and O–H groups in total. The molecule has 0 spiro atoms. The average molecular weight is 447 g/mol. The third-order valence-electron chi connectivity index (χ3n) is 4.18. The van der Waals surface area contributed by atoms with Crippen molar-refractivity contribution in [2.45, 2.75) is 0 Å². The third-order valence-corrected chi connectivity index (χ3v) is 4.18. The van der Waals surface area contributed by atoms with E-state index in [1.165, 1.54) is 39.3 Å². The molecule has 1 aliphatic heterocycles. The molecule has 1 aliphatic rings. The fourth-order valence-corrected chi connectivity index (χ4v) is 2.39. The molecule has 0 bridgehead atoms. The predicted molar refractivity (Wildman–Crippen MR) is 104 cm³/mol. The summed E-state index contributed by atoms with van der Waals surface area (Å²) in [4.78, 5) is 15.6. The number of hydrogen-bond donors (Lipinski definition) is 0. The van der Waals surface area contributed by atoms with Gasteiger partial charge in [0, 0.05) is 51.7 Å². The van der Waals surface area contributed by atoms with Crippen LogP contribution in [-0.2, 0) is 19.5 Å². The summed E-state index contributed by atoms with van der Waals surface area (Å²) in [7, 11) is 6.60. The molecule has 0 saturated carbocycles. The number of nitrogens with zero attached hydrogens (tertiary/aromatic N) is 5. The smallest absolute Gasteiger partial charge is 0.412 e. The normalized spacial score (nSPS) is 16.6. The van der Waals surface area contributed by atoms with Crippen LogP contribution in [0.5, 0.6) is 0 Å². The number of likely N-dealkylation sites (N-methyl/N-ethyl adjacent to an activating group) is 3. The summed E-state index contributed by atoms with van der Waals surface area (Å²) in [5, 5.41) is 0. The van der Waals surface area contributed by atoms with Crippen LogP contribution >= 0.6 is 0 Å². The second-order valence-electron chi connectivity index (χ2n) is 6.34. The van der Waals surface area contributed by atoms with Gasteiger partial charge in [-0.25, -0.2) is 0 Å². The monoisotopic (exact) mass is 447 g/mol. The predicted octanol–water partition coefficient (Wildman–Crippen LogP) is 1.11. The molecule has 3 rings (SSSR count). The van der Waals surface area contributed by atoms with Gasteiger partial charge in [-0.15, -0.1) is 0 Å². The van der Waals surface area contributed by atoms with Gasteiger partial charge in [0.25, 0.3) is 0 Å². The second-order valence-corrected chi connectivity index (χ2v) is 6.34. The molecule has 2 aromatic heterocycles. The van der Waals surface area contributed by atoms with Crippen LogP contribution in [0.4, 0.5) is 0 Å². The van der Waals surface area contributed by atoms with Crippen LogP contribution in [0, 0.1) is 0 Å². The minimum absolute atomic E-state index is 0. The maximum absolute atomic E-state index is 4.19. The van der Waals surface area contributed by atoms with E-state index in [1.807, 2.05) is 36.4 Å². The molecule has 1 fully saturated rings. The molecular weight excluding hydrogens is 415 g/mol. The van der Waals surface area contributed by atoms with Gasteiger partial charge in [-0.3, -0.25) is 9.97 Å². The zero-order valence-corrected chi connectivity index (χ0v) is 17.7. The van der Waals surface area contributed by atoms with Crippen molar-refractivity contribution in [2.24, 2.45) is 0 Å². The fourth-order valence-electron chi connectivity index (χ4n) is 2.39. The van der Waals surface area contributed by atoms with Gasteiger partial charge < -0.3 is 20.2 Å². The molecule has 0 amide bonds. The quantitative estimate of drug-likeness (QED) is 0.614. The Labute approximate surface area is 170 Å². The largest absolute Gasteiger partial charge is 2.00 e. The van der Waals surface area contributed by atoms with Crippen LogP contribution in [0.3, 0.4) is 0 Å². The van der Waals surface area contributed by atoms with Crippen LogP contribution in [0.2, 0.25) is 0 Å². The number of pyridine rings is 2. The van der Waals surface area contributed by atoms with Gasteiger partial charge in [0.2, 0.25) is 0 Å². The third kappa shape index (κ3) is 9.46.